The number of fused-ring (bicyclic) bond motifs is 2. The maximum absolute atomic E-state index is 13.2. The van der Waals surface area contributed by atoms with Crippen LogP contribution in [0.5, 0.6) is 0 Å². The molecule has 1 aliphatic carbocycles. The summed E-state index contributed by atoms with van der Waals surface area (Å²) in [7, 11) is 0. The molecule has 1 aliphatic rings. The fourth-order valence-corrected chi connectivity index (χ4v) is 4.18. The summed E-state index contributed by atoms with van der Waals surface area (Å²) in [6, 6.07) is 20.3. The second-order valence-corrected chi connectivity index (χ2v) is 7.86. The van der Waals surface area contributed by atoms with Gasteiger partial charge in [-0.05, 0) is 66.8 Å². The normalized spacial score (nSPS) is 14.1. The Hall–Kier alpha value is -4.19. The Labute approximate surface area is 190 Å². The van der Waals surface area contributed by atoms with E-state index in [1.165, 1.54) is 0 Å². The van der Waals surface area contributed by atoms with Crippen molar-refractivity contribution < 1.29 is 18.7 Å². The van der Waals surface area contributed by atoms with Gasteiger partial charge in [-0.15, -0.1) is 0 Å². The molecule has 1 N–H and O–H groups in total. The van der Waals surface area contributed by atoms with E-state index in [4.69, 9.17) is 14.1 Å². The van der Waals surface area contributed by atoms with E-state index in [-0.39, 0.29) is 12.5 Å². The number of esters is 1. The number of nitrogens with one attached hydrogen (secondary N) is 1. The number of furan rings is 1. The Morgan fingerprint density at radius 1 is 1.00 bits per heavy atom. The number of aromatic nitrogens is 1. The van der Waals surface area contributed by atoms with E-state index in [9.17, 15) is 9.59 Å². The number of hydrogen-bond donors (Lipinski definition) is 1. The average molecular weight is 438 g/mol. The lowest BCUT2D eigenvalue weighted by Gasteiger charge is -2.22. The molecule has 164 valence electrons. The fraction of sp³-hybridized carbons (Fsp3) is 0.148. The zero-order chi connectivity index (χ0) is 22.6. The number of allylic oxidation sites excluding steroid dienone is 1. The number of para-hydroxylation sites is 2. The summed E-state index contributed by atoms with van der Waals surface area (Å²) in [6.45, 7) is -0.367. The Balaban J connectivity index is 1.47. The van der Waals surface area contributed by atoms with E-state index < -0.39 is 5.97 Å². The van der Waals surface area contributed by atoms with Crippen LogP contribution in [0.4, 0.5) is 5.69 Å². The van der Waals surface area contributed by atoms with Crippen LogP contribution in [0.2, 0.25) is 0 Å². The van der Waals surface area contributed by atoms with Crippen molar-refractivity contribution in [3.8, 4) is 0 Å². The number of anilines is 1. The minimum Gasteiger partial charge on any atom is -0.465 e. The number of rotatable bonds is 5. The largest absolute Gasteiger partial charge is 0.465 e. The fourth-order valence-electron chi connectivity index (χ4n) is 4.18. The van der Waals surface area contributed by atoms with Crippen molar-refractivity contribution in [3.05, 3.63) is 95.6 Å². The van der Waals surface area contributed by atoms with E-state index in [2.05, 4.69) is 5.32 Å². The third-order valence-electron chi connectivity index (χ3n) is 5.63. The minimum atomic E-state index is -0.521. The van der Waals surface area contributed by atoms with Gasteiger partial charge in [0, 0.05) is 11.1 Å². The predicted octanol–water partition coefficient (Wildman–Crippen LogP) is 5.50. The molecule has 0 radical (unpaired) electrons. The maximum atomic E-state index is 13.2. The molecule has 6 nitrogen and oxygen atoms in total. The summed E-state index contributed by atoms with van der Waals surface area (Å²) in [6.07, 6.45) is 6.04. The van der Waals surface area contributed by atoms with Gasteiger partial charge in [-0.3, -0.25) is 4.79 Å². The monoisotopic (exact) mass is 438 g/mol. The van der Waals surface area contributed by atoms with Crippen molar-refractivity contribution in [2.45, 2.75) is 19.3 Å². The first-order valence-electron chi connectivity index (χ1n) is 10.9. The second kappa shape index (κ2) is 9.12. The van der Waals surface area contributed by atoms with Gasteiger partial charge in [-0.1, -0.05) is 36.4 Å². The second-order valence-electron chi connectivity index (χ2n) is 7.86. The molecule has 1 amide bonds. The molecule has 0 atom stereocenters. The summed E-state index contributed by atoms with van der Waals surface area (Å²) in [4.78, 5) is 30.4. The van der Waals surface area contributed by atoms with Gasteiger partial charge >= 0.3 is 5.97 Å². The molecule has 0 saturated heterocycles. The van der Waals surface area contributed by atoms with Crippen molar-refractivity contribution in [3.63, 3.8) is 0 Å². The van der Waals surface area contributed by atoms with Crippen LogP contribution in [0.15, 0.2) is 77.4 Å². The van der Waals surface area contributed by atoms with Crippen LogP contribution in [0, 0.1) is 0 Å². The number of benzene rings is 2. The number of nitrogens with zero attached hydrogens (tertiary/aromatic N) is 1. The van der Waals surface area contributed by atoms with Crippen LogP contribution in [0.25, 0.3) is 22.6 Å². The van der Waals surface area contributed by atoms with E-state index in [1.54, 1.807) is 18.4 Å². The third kappa shape index (κ3) is 4.41. The summed E-state index contributed by atoms with van der Waals surface area (Å²) in [5.74, 6) is -0.165. The number of amides is 1. The van der Waals surface area contributed by atoms with E-state index >= 15 is 0 Å². The zero-order valence-electron chi connectivity index (χ0n) is 17.9. The van der Waals surface area contributed by atoms with Gasteiger partial charge < -0.3 is 14.5 Å². The summed E-state index contributed by atoms with van der Waals surface area (Å²) in [5.41, 5.74) is 4.51. The van der Waals surface area contributed by atoms with Gasteiger partial charge in [0.05, 0.1) is 23.0 Å². The summed E-state index contributed by atoms with van der Waals surface area (Å²) < 4.78 is 11.0. The molecular formula is C27H22N2O4. The summed E-state index contributed by atoms with van der Waals surface area (Å²) >= 11 is 0. The number of hydrogen-bond acceptors (Lipinski definition) is 5. The first-order chi connectivity index (χ1) is 16.2. The molecule has 0 aliphatic heterocycles. The molecule has 0 bridgehead atoms. The van der Waals surface area contributed by atoms with Crippen molar-refractivity contribution in [2.24, 2.45) is 0 Å². The first kappa shape index (κ1) is 20.7. The maximum Gasteiger partial charge on any atom is 0.339 e. The number of pyridine rings is 1. The highest BCUT2D eigenvalue weighted by molar-refractivity contribution is 6.07. The van der Waals surface area contributed by atoms with Gasteiger partial charge in [-0.25, -0.2) is 9.78 Å². The molecule has 2 aromatic carbocycles. The van der Waals surface area contributed by atoms with Crippen LogP contribution >= 0.6 is 0 Å². The number of ether oxygens (including phenoxy) is 1. The topological polar surface area (TPSA) is 81.4 Å². The smallest absolute Gasteiger partial charge is 0.339 e. The lowest BCUT2D eigenvalue weighted by atomic mass is 9.86. The quantitative estimate of drug-likeness (QED) is 0.416. The molecule has 6 heteroatoms. The van der Waals surface area contributed by atoms with Crippen LogP contribution in [-0.4, -0.2) is 23.5 Å². The minimum absolute atomic E-state index is 0.367. The highest BCUT2D eigenvalue weighted by Crippen LogP contribution is 2.36. The van der Waals surface area contributed by atoms with E-state index in [0.717, 1.165) is 40.8 Å². The SMILES string of the molecule is O=C(COC(=O)c1c2c(nc3ccccc13)/C(=C/c1ccco1)CCC2)Nc1ccccc1. The third-order valence-corrected chi connectivity index (χ3v) is 5.63. The first-order valence-corrected chi connectivity index (χ1v) is 10.9. The van der Waals surface area contributed by atoms with Crippen molar-refractivity contribution in [1.82, 2.24) is 4.98 Å². The van der Waals surface area contributed by atoms with Gasteiger partial charge in [0.2, 0.25) is 0 Å². The Kier molecular flexibility index (Phi) is 5.72. The standard InChI is InChI=1S/C27H22N2O4/c30-24(28-19-9-2-1-3-10-19)17-33-27(31)25-21-12-4-5-14-23(21)29-26-18(8-6-13-22(25)26)16-20-11-7-15-32-20/h1-5,7,9-12,14-16H,6,8,13,17H2,(H,28,30)/b18-16+. The van der Waals surface area contributed by atoms with E-state index in [1.807, 2.05) is 60.7 Å². The molecule has 4 aromatic rings. The van der Waals surface area contributed by atoms with Crippen molar-refractivity contribution >= 4 is 40.1 Å². The van der Waals surface area contributed by atoms with Gasteiger partial charge in [0.1, 0.15) is 5.76 Å². The van der Waals surface area contributed by atoms with E-state index in [0.29, 0.717) is 23.2 Å². The molecule has 2 heterocycles. The molecule has 0 unspecified atom stereocenters. The Bertz CT molecular complexity index is 1340. The predicted molar refractivity (Wildman–Crippen MR) is 127 cm³/mol. The Morgan fingerprint density at radius 2 is 1.82 bits per heavy atom. The van der Waals surface area contributed by atoms with Crippen molar-refractivity contribution in [1.29, 1.82) is 0 Å². The lowest BCUT2D eigenvalue weighted by Crippen LogP contribution is -2.22. The van der Waals surface area contributed by atoms with Crippen LogP contribution < -0.4 is 5.32 Å². The number of carbonyl (C=O) groups is 2. The molecule has 0 saturated carbocycles. The van der Waals surface area contributed by atoms with Gasteiger partial charge in [0.15, 0.2) is 6.61 Å². The molecular weight excluding hydrogens is 416 g/mol. The van der Waals surface area contributed by atoms with Crippen LogP contribution in [-0.2, 0) is 16.0 Å². The average Bonchev–Trinajstić information content (AvgIpc) is 3.35. The zero-order valence-corrected chi connectivity index (χ0v) is 17.9. The van der Waals surface area contributed by atoms with Crippen LogP contribution in [0.1, 0.15) is 40.2 Å². The van der Waals surface area contributed by atoms with Gasteiger partial charge in [-0.2, -0.15) is 0 Å². The molecule has 0 fully saturated rings. The van der Waals surface area contributed by atoms with Gasteiger partial charge in [0.25, 0.3) is 5.91 Å². The molecule has 33 heavy (non-hydrogen) atoms. The summed E-state index contributed by atoms with van der Waals surface area (Å²) in [5, 5.41) is 3.46. The van der Waals surface area contributed by atoms with Crippen LogP contribution in [0.3, 0.4) is 0 Å². The highest BCUT2D eigenvalue weighted by atomic mass is 16.5. The molecule has 5 rings (SSSR count). The molecule has 2 aromatic heterocycles. The Morgan fingerprint density at radius 3 is 2.64 bits per heavy atom. The lowest BCUT2D eigenvalue weighted by molar-refractivity contribution is -0.119. The molecule has 0 spiro atoms. The highest BCUT2D eigenvalue weighted by Gasteiger charge is 2.26. The van der Waals surface area contributed by atoms with Crippen molar-refractivity contribution in [2.75, 3.05) is 11.9 Å². The number of carbonyl (C=O) groups excluding carboxylic acids is 2.